The SMILES string of the molecule is CCOC(=O)c1ccn2nc(C)c(-c3c(C)cccc3C)c2n1. The molecule has 0 atom stereocenters. The van der Waals surface area contributed by atoms with E-state index in [9.17, 15) is 4.79 Å². The molecule has 0 aliphatic heterocycles. The van der Waals surface area contributed by atoms with E-state index in [4.69, 9.17) is 4.74 Å². The zero-order valence-electron chi connectivity index (χ0n) is 13.8. The number of rotatable bonds is 3. The largest absolute Gasteiger partial charge is 0.461 e. The fraction of sp³-hybridized carbons (Fsp3) is 0.278. The van der Waals surface area contributed by atoms with Crippen LogP contribution >= 0.6 is 0 Å². The van der Waals surface area contributed by atoms with E-state index in [-0.39, 0.29) is 0 Å². The molecule has 0 spiro atoms. The van der Waals surface area contributed by atoms with Crippen LogP contribution in [0.1, 0.15) is 34.2 Å². The summed E-state index contributed by atoms with van der Waals surface area (Å²) >= 11 is 0. The molecule has 0 aliphatic rings. The Kier molecular flexibility index (Phi) is 3.86. The van der Waals surface area contributed by atoms with E-state index in [1.54, 1.807) is 23.7 Å². The highest BCUT2D eigenvalue weighted by Crippen LogP contribution is 2.32. The quantitative estimate of drug-likeness (QED) is 0.695. The second kappa shape index (κ2) is 5.83. The first-order valence-electron chi connectivity index (χ1n) is 7.62. The van der Waals surface area contributed by atoms with Gasteiger partial charge in [0.05, 0.1) is 17.9 Å². The molecule has 1 aromatic carbocycles. The number of benzene rings is 1. The monoisotopic (exact) mass is 309 g/mol. The molecule has 3 rings (SSSR count). The summed E-state index contributed by atoms with van der Waals surface area (Å²) in [5.74, 6) is -0.415. The van der Waals surface area contributed by atoms with Crippen molar-refractivity contribution in [3.63, 3.8) is 0 Å². The molecule has 2 aromatic heterocycles. The summed E-state index contributed by atoms with van der Waals surface area (Å²) in [5, 5.41) is 4.52. The molecule has 0 saturated heterocycles. The Morgan fingerprint density at radius 1 is 1.13 bits per heavy atom. The molecular weight excluding hydrogens is 290 g/mol. The summed E-state index contributed by atoms with van der Waals surface area (Å²) < 4.78 is 6.75. The Bertz CT molecular complexity index is 876. The van der Waals surface area contributed by atoms with Crippen molar-refractivity contribution in [2.24, 2.45) is 0 Å². The molecule has 3 aromatic rings. The molecule has 0 unspecified atom stereocenters. The minimum Gasteiger partial charge on any atom is -0.461 e. The van der Waals surface area contributed by atoms with Crippen molar-refractivity contribution in [2.75, 3.05) is 6.61 Å². The molecule has 5 heteroatoms. The van der Waals surface area contributed by atoms with Gasteiger partial charge in [-0.1, -0.05) is 18.2 Å². The molecule has 0 saturated carbocycles. The molecule has 118 valence electrons. The Morgan fingerprint density at radius 3 is 2.48 bits per heavy atom. The summed E-state index contributed by atoms with van der Waals surface area (Å²) in [6, 6.07) is 7.81. The van der Waals surface area contributed by atoms with E-state index in [0.29, 0.717) is 17.9 Å². The van der Waals surface area contributed by atoms with Crippen LogP contribution in [0.2, 0.25) is 0 Å². The van der Waals surface area contributed by atoms with Gasteiger partial charge in [-0.3, -0.25) is 0 Å². The van der Waals surface area contributed by atoms with Gasteiger partial charge in [0.15, 0.2) is 11.3 Å². The number of ether oxygens (including phenoxy) is 1. The first-order valence-corrected chi connectivity index (χ1v) is 7.62. The first-order chi connectivity index (χ1) is 11.0. The minimum atomic E-state index is -0.415. The van der Waals surface area contributed by atoms with Crippen molar-refractivity contribution < 1.29 is 9.53 Å². The lowest BCUT2D eigenvalue weighted by Crippen LogP contribution is -2.08. The standard InChI is InChI=1S/C18H19N3O2/c1-5-23-18(22)14-9-10-21-17(19-14)16(13(4)20-21)15-11(2)7-6-8-12(15)3/h6-10H,5H2,1-4H3. The maximum absolute atomic E-state index is 12.0. The average molecular weight is 309 g/mol. The van der Waals surface area contributed by atoms with Crippen LogP contribution in [0.5, 0.6) is 0 Å². The van der Waals surface area contributed by atoms with Gasteiger partial charge in [0.1, 0.15) is 0 Å². The molecule has 5 nitrogen and oxygen atoms in total. The number of carbonyl (C=O) groups is 1. The van der Waals surface area contributed by atoms with Crippen LogP contribution in [0.15, 0.2) is 30.5 Å². The number of nitrogens with zero attached hydrogens (tertiary/aromatic N) is 3. The van der Waals surface area contributed by atoms with E-state index in [2.05, 4.69) is 36.1 Å². The molecule has 2 heterocycles. The van der Waals surface area contributed by atoms with Crippen LogP contribution in [0.4, 0.5) is 0 Å². The molecule has 23 heavy (non-hydrogen) atoms. The van der Waals surface area contributed by atoms with Crippen molar-refractivity contribution in [2.45, 2.75) is 27.7 Å². The summed E-state index contributed by atoms with van der Waals surface area (Å²) in [5.41, 5.74) is 6.26. The van der Waals surface area contributed by atoms with Crippen molar-refractivity contribution in [3.8, 4) is 11.1 Å². The second-order valence-corrected chi connectivity index (χ2v) is 5.53. The molecule has 0 amide bonds. The fourth-order valence-corrected chi connectivity index (χ4v) is 2.86. The van der Waals surface area contributed by atoms with Gasteiger partial charge in [-0.15, -0.1) is 0 Å². The second-order valence-electron chi connectivity index (χ2n) is 5.53. The molecule has 0 radical (unpaired) electrons. The predicted octanol–water partition coefficient (Wildman–Crippen LogP) is 3.50. The highest BCUT2D eigenvalue weighted by Gasteiger charge is 2.18. The van der Waals surface area contributed by atoms with Gasteiger partial charge in [0.2, 0.25) is 0 Å². The maximum atomic E-state index is 12.0. The normalized spacial score (nSPS) is 11.0. The van der Waals surface area contributed by atoms with Gasteiger partial charge in [-0.2, -0.15) is 5.10 Å². The summed E-state index contributed by atoms with van der Waals surface area (Å²) in [6.07, 6.45) is 1.75. The van der Waals surface area contributed by atoms with Gasteiger partial charge in [-0.05, 0) is 50.5 Å². The van der Waals surface area contributed by atoms with Gasteiger partial charge < -0.3 is 4.74 Å². The third-order valence-corrected chi connectivity index (χ3v) is 3.88. The van der Waals surface area contributed by atoms with Crippen molar-refractivity contribution in [1.82, 2.24) is 14.6 Å². The zero-order chi connectivity index (χ0) is 16.6. The third-order valence-electron chi connectivity index (χ3n) is 3.88. The number of esters is 1. The minimum absolute atomic E-state index is 0.298. The summed E-state index contributed by atoms with van der Waals surface area (Å²) in [4.78, 5) is 16.5. The maximum Gasteiger partial charge on any atom is 0.357 e. The van der Waals surface area contributed by atoms with E-state index in [1.165, 1.54) is 0 Å². The predicted molar refractivity (Wildman–Crippen MR) is 88.6 cm³/mol. The Hall–Kier alpha value is -2.69. The smallest absolute Gasteiger partial charge is 0.357 e. The van der Waals surface area contributed by atoms with Crippen LogP contribution in [-0.4, -0.2) is 27.2 Å². The lowest BCUT2D eigenvalue weighted by atomic mass is 9.96. The lowest BCUT2D eigenvalue weighted by Gasteiger charge is -2.09. The number of carbonyl (C=O) groups excluding carboxylic acids is 1. The van der Waals surface area contributed by atoms with E-state index >= 15 is 0 Å². The van der Waals surface area contributed by atoms with Crippen LogP contribution in [0, 0.1) is 20.8 Å². The van der Waals surface area contributed by atoms with Gasteiger partial charge >= 0.3 is 5.97 Å². The van der Waals surface area contributed by atoms with Gasteiger partial charge in [0.25, 0.3) is 0 Å². The molecule has 0 fully saturated rings. The highest BCUT2D eigenvalue weighted by molar-refractivity contribution is 5.90. The molecular formula is C18H19N3O2. The number of aromatic nitrogens is 3. The van der Waals surface area contributed by atoms with Crippen LogP contribution < -0.4 is 0 Å². The van der Waals surface area contributed by atoms with Crippen molar-refractivity contribution in [1.29, 1.82) is 0 Å². The number of hydrogen-bond acceptors (Lipinski definition) is 4. The van der Waals surface area contributed by atoms with E-state index < -0.39 is 5.97 Å². The van der Waals surface area contributed by atoms with Crippen molar-refractivity contribution in [3.05, 3.63) is 53.0 Å². The molecule has 0 N–H and O–H groups in total. The molecule has 0 bridgehead atoms. The Morgan fingerprint density at radius 2 is 1.83 bits per heavy atom. The van der Waals surface area contributed by atoms with E-state index in [1.807, 2.05) is 13.0 Å². The Balaban J connectivity index is 2.26. The summed E-state index contributed by atoms with van der Waals surface area (Å²) in [7, 11) is 0. The summed E-state index contributed by atoms with van der Waals surface area (Å²) in [6.45, 7) is 8.20. The molecule has 0 aliphatic carbocycles. The first kappa shape index (κ1) is 15.2. The van der Waals surface area contributed by atoms with Crippen molar-refractivity contribution >= 4 is 11.6 Å². The zero-order valence-corrected chi connectivity index (χ0v) is 13.8. The Labute approximate surface area is 134 Å². The van der Waals surface area contributed by atoms with Crippen LogP contribution in [0.25, 0.3) is 16.8 Å². The van der Waals surface area contributed by atoms with Gasteiger partial charge in [-0.25, -0.2) is 14.3 Å². The third kappa shape index (κ3) is 2.59. The van der Waals surface area contributed by atoms with Gasteiger partial charge in [0, 0.05) is 6.20 Å². The topological polar surface area (TPSA) is 56.5 Å². The number of fused-ring (bicyclic) bond motifs is 1. The highest BCUT2D eigenvalue weighted by atomic mass is 16.5. The van der Waals surface area contributed by atoms with E-state index in [0.717, 1.165) is 27.9 Å². The lowest BCUT2D eigenvalue weighted by molar-refractivity contribution is 0.0519. The fourth-order valence-electron chi connectivity index (χ4n) is 2.86. The van der Waals surface area contributed by atoms with Crippen LogP contribution in [0.3, 0.4) is 0 Å². The van der Waals surface area contributed by atoms with Crippen LogP contribution in [-0.2, 0) is 4.74 Å². The average Bonchev–Trinajstić information content (AvgIpc) is 2.83. The number of aryl methyl sites for hydroxylation is 3. The number of hydrogen-bond donors (Lipinski definition) is 0.